The minimum absolute atomic E-state index is 0.0564. The maximum absolute atomic E-state index is 14.3. The van der Waals surface area contributed by atoms with Gasteiger partial charge in [-0.1, -0.05) is 6.07 Å². The molecular weight excluding hydrogens is 520 g/mol. The second-order valence-corrected chi connectivity index (χ2v) is 11.3. The molecule has 3 atom stereocenters. The van der Waals surface area contributed by atoms with Crippen LogP contribution in [0.4, 0.5) is 4.39 Å². The lowest BCUT2D eigenvalue weighted by Gasteiger charge is -2.24. The van der Waals surface area contributed by atoms with E-state index < -0.39 is 28.4 Å². The Hall–Kier alpha value is -3.04. The van der Waals surface area contributed by atoms with E-state index >= 15 is 0 Å². The molecule has 0 bridgehead atoms. The van der Waals surface area contributed by atoms with Gasteiger partial charge in [0.25, 0.3) is 0 Å². The number of hydrogen-bond acceptors (Lipinski definition) is 5. The van der Waals surface area contributed by atoms with Gasteiger partial charge >= 0.3 is 0 Å². The molecule has 1 aliphatic carbocycles. The fourth-order valence-electron chi connectivity index (χ4n) is 4.81. The number of carbonyl (C=O) groups is 3. The molecule has 3 heterocycles. The van der Waals surface area contributed by atoms with Gasteiger partial charge in [0.2, 0.25) is 11.8 Å². The Kier molecular flexibility index (Phi) is 6.70. The van der Waals surface area contributed by atoms with E-state index in [1.807, 2.05) is 18.2 Å². The van der Waals surface area contributed by atoms with E-state index in [0.29, 0.717) is 28.7 Å². The molecule has 2 amide bonds. The number of alkyl halides is 3. The lowest BCUT2D eigenvalue weighted by atomic mass is 10.0. The summed E-state index contributed by atoms with van der Waals surface area (Å²) in [6.07, 6.45) is 4.27. The zero-order valence-electron chi connectivity index (χ0n) is 20.4. The Morgan fingerprint density at radius 1 is 1.19 bits per heavy atom. The fourth-order valence-corrected chi connectivity index (χ4v) is 5.33. The molecule has 5 rings (SSSR count). The van der Waals surface area contributed by atoms with Crippen LogP contribution in [0.15, 0.2) is 36.8 Å². The van der Waals surface area contributed by atoms with Gasteiger partial charge in [-0.05, 0) is 38.0 Å². The van der Waals surface area contributed by atoms with Crippen LogP contribution in [0.5, 0.6) is 0 Å². The summed E-state index contributed by atoms with van der Waals surface area (Å²) in [5, 5.41) is 3.44. The Balaban J connectivity index is 1.37. The van der Waals surface area contributed by atoms with Crippen LogP contribution in [-0.2, 0) is 16.1 Å². The van der Waals surface area contributed by atoms with Crippen LogP contribution in [0.1, 0.15) is 35.9 Å². The average Bonchev–Trinajstić information content (AvgIpc) is 3.15. The van der Waals surface area contributed by atoms with Gasteiger partial charge in [-0.3, -0.25) is 14.4 Å². The summed E-state index contributed by atoms with van der Waals surface area (Å²) < 4.78 is 15.2. The van der Waals surface area contributed by atoms with Gasteiger partial charge in [0.1, 0.15) is 28.9 Å². The number of halogens is 3. The average molecular weight is 546 g/mol. The third kappa shape index (κ3) is 5.20. The molecule has 2 aromatic heterocycles. The van der Waals surface area contributed by atoms with E-state index in [9.17, 15) is 18.8 Å². The van der Waals surface area contributed by atoms with E-state index in [0.717, 1.165) is 11.1 Å². The molecule has 2 aliphatic rings. The van der Waals surface area contributed by atoms with E-state index in [2.05, 4.69) is 15.3 Å². The number of aromatic nitrogens is 3. The Morgan fingerprint density at radius 2 is 1.89 bits per heavy atom. The summed E-state index contributed by atoms with van der Waals surface area (Å²) in [4.78, 5) is 48.2. The molecule has 3 aromatic rings. The minimum Gasteiger partial charge on any atom is -0.354 e. The van der Waals surface area contributed by atoms with Gasteiger partial charge < -0.3 is 14.8 Å². The molecule has 1 N–H and O–H groups in total. The maximum Gasteiger partial charge on any atom is 0.243 e. The van der Waals surface area contributed by atoms with Crippen molar-refractivity contribution in [1.29, 1.82) is 0 Å². The number of Topliss-reactive ketones (excluding diaryl/α,β-unsaturated/α-hetero) is 1. The first-order valence-corrected chi connectivity index (χ1v) is 12.8. The molecule has 1 aliphatic heterocycles. The van der Waals surface area contributed by atoms with E-state index in [1.54, 1.807) is 30.1 Å². The van der Waals surface area contributed by atoms with Crippen LogP contribution in [0.3, 0.4) is 0 Å². The van der Waals surface area contributed by atoms with Crippen molar-refractivity contribution in [3.63, 3.8) is 0 Å². The van der Waals surface area contributed by atoms with Crippen LogP contribution in [0.25, 0.3) is 22.0 Å². The number of nitrogens with zero attached hydrogens (tertiary/aromatic N) is 4. The van der Waals surface area contributed by atoms with Crippen LogP contribution >= 0.6 is 23.2 Å². The Labute approximate surface area is 223 Å². The lowest BCUT2D eigenvalue weighted by molar-refractivity contribution is -0.138. The molecule has 0 unspecified atom stereocenters. The largest absolute Gasteiger partial charge is 0.354 e. The van der Waals surface area contributed by atoms with E-state index in [4.69, 9.17) is 23.2 Å². The standard InChI is InChI=1S/C26H26Cl2FN5O3/c1-14(35)21-12-33(22-4-3-16(5-20(21)22)17-8-30-15(2)31-9-17)13-24(36)34-11-19(29)6-23(34)25(37)32-10-18-7-26(18,27)28/h3-5,8-9,12,18-19,23H,6-7,10-11,13H2,1-2H3,(H,32,37)/t18-,19-,23+/m1/s1. The molecule has 0 spiro atoms. The first-order valence-electron chi connectivity index (χ1n) is 12.1. The van der Waals surface area contributed by atoms with Gasteiger partial charge in [0.15, 0.2) is 5.78 Å². The van der Waals surface area contributed by atoms with Crippen molar-refractivity contribution in [2.75, 3.05) is 13.1 Å². The summed E-state index contributed by atoms with van der Waals surface area (Å²) in [6.45, 7) is 3.25. The summed E-state index contributed by atoms with van der Waals surface area (Å²) in [5.74, 6) is -0.373. The number of likely N-dealkylation sites (tertiary alicyclic amines) is 1. The normalized spacial score (nSPS) is 22.3. The number of benzene rings is 1. The van der Waals surface area contributed by atoms with Crippen LogP contribution in [-0.4, -0.2) is 66.7 Å². The van der Waals surface area contributed by atoms with Gasteiger partial charge in [-0.25, -0.2) is 14.4 Å². The molecule has 1 saturated carbocycles. The second kappa shape index (κ2) is 9.68. The third-order valence-electron chi connectivity index (χ3n) is 7.03. The van der Waals surface area contributed by atoms with Crippen LogP contribution in [0, 0.1) is 12.8 Å². The van der Waals surface area contributed by atoms with E-state index in [1.165, 1.54) is 11.8 Å². The monoisotopic (exact) mass is 545 g/mol. The number of rotatable bonds is 7. The molecule has 8 nitrogen and oxygen atoms in total. The topological polar surface area (TPSA) is 97.2 Å². The highest BCUT2D eigenvalue weighted by Gasteiger charge is 2.51. The van der Waals surface area contributed by atoms with E-state index in [-0.39, 0.29) is 37.8 Å². The second-order valence-electron chi connectivity index (χ2n) is 9.78. The molecular formula is C26H26Cl2FN5O3. The molecule has 0 radical (unpaired) electrons. The molecule has 37 heavy (non-hydrogen) atoms. The smallest absolute Gasteiger partial charge is 0.243 e. The van der Waals surface area contributed by atoms with Crippen molar-refractivity contribution in [2.45, 2.75) is 49.8 Å². The third-order valence-corrected chi connectivity index (χ3v) is 7.96. The highest BCUT2D eigenvalue weighted by atomic mass is 35.5. The summed E-state index contributed by atoms with van der Waals surface area (Å²) in [6, 6.07) is 4.66. The Bertz CT molecular complexity index is 1390. The first kappa shape index (κ1) is 25.6. The zero-order valence-corrected chi connectivity index (χ0v) is 21.9. The summed E-state index contributed by atoms with van der Waals surface area (Å²) >= 11 is 12.0. The predicted octanol–water partition coefficient (Wildman–Crippen LogP) is 3.86. The van der Waals surface area contributed by atoms with Crippen molar-refractivity contribution in [3.05, 3.63) is 48.2 Å². The van der Waals surface area contributed by atoms with Gasteiger partial charge in [0, 0.05) is 59.5 Å². The highest BCUT2D eigenvalue weighted by molar-refractivity contribution is 6.50. The van der Waals surface area contributed by atoms with Gasteiger partial charge in [-0.15, -0.1) is 23.2 Å². The molecule has 194 valence electrons. The number of amides is 2. The minimum atomic E-state index is -1.30. The quantitative estimate of drug-likeness (QED) is 0.359. The molecule has 1 aromatic carbocycles. The number of carbonyl (C=O) groups excluding carboxylic acids is 3. The number of aryl methyl sites for hydroxylation is 1. The lowest BCUT2D eigenvalue weighted by Crippen LogP contribution is -2.47. The predicted molar refractivity (Wildman–Crippen MR) is 138 cm³/mol. The van der Waals surface area contributed by atoms with Gasteiger partial charge in [-0.2, -0.15) is 0 Å². The molecule has 2 fully saturated rings. The SMILES string of the molecule is CC(=O)c1cn(CC(=O)N2C[C@H](F)C[C@H]2C(=O)NC[C@H]2CC2(Cl)Cl)c2ccc(-c3cnc(C)nc3)cc12. The van der Waals surface area contributed by atoms with Crippen LogP contribution < -0.4 is 5.32 Å². The maximum atomic E-state index is 14.3. The fraction of sp³-hybridized carbons (Fsp3) is 0.423. The number of fused-ring (bicyclic) bond motifs is 1. The number of hydrogen-bond donors (Lipinski definition) is 1. The van der Waals surface area contributed by atoms with Crippen molar-refractivity contribution >= 4 is 51.7 Å². The van der Waals surface area contributed by atoms with Crippen molar-refractivity contribution in [1.82, 2.24) is 24.8 Å². The Morgan fingerprint density at radius 3 is 2.54 bits per heavy atom. The zero-order chi connectivity index (χ0) is 26.5. The molecule has 11 heteroatoms. The number of nitrogens with one attached hydrogen (secondary N) is 1. The summed E-state index contributed by atoms with van der Waals surface area (Å²) in [5.41, 5.74) is 2.79. The number of ketones is 1. The van der Waals surface area contributed by atoms with Crippen molar-refractivity contribution in [2.24, 2.45) is 5.92 Å². The van der Waals surface area contributed by atoms with Crippen LogP contribution in [0.2, 0.25) is 0 Å². The van der Waals surface area contributed by atoms with Crippen molar-refractivity contribution < 1.29 is 18.8 Å². The van der Waals surface area contributed by atoms with Crippen molar-refractivity contribution in [3.8, 4) is 11.1 Å². The summed E-state index contributed by atoms with van der Waals surface area (Å²) in [7, 11) is 0. The highest BCUT2D eigenvalue weighted by Crippen LogP contribution is 2.52. The first-order chi connectivity index (χ1) is 17.5. The molecule has 1 saturated heterocycles. The van der Waals surface area contributed by atoms with Gasteiger partial charge in [0.05, 0.1) is 6.54 Å².